The maximum Gasteiger partial charge on any atom is 0.341 e. The standard InChI is InChI=1S/C19H23F2N3O5S2/c1-19(2,3)15-10-16(24(23-15)13-8-9-30(26,27)11-13)22-17(25)12-4-6-14(7-5-12)31(28,29)18(20)21/h4-7,10,13,18H,8-9,11H2,1-3H3,(H,22,25). The maximum atomic E-state index is 12.7. The molecule has 0 saturated carbocycles. The predicted molar refractivity (Wildman–Crippen MR) is 111 cm³/mol. The van der Waals surface area contributed by atoms with Crippen LogP contribution in [0.5, 0.6) is 0 Å². The number of amides is 1. The van der Waals surface area contributed by atoms with Gasteiger partial charge in [-0.25, -0.2) is 21.5 Å². The SMILES string of the molecule is CC(C)(C)c1cc(NC(=O)c2ccc(S(=O)(=O)C(F)F)cc2)n(C2CCS(=O)(=O)C2)n1. The van der Waals surface area contributed by atoms with E-state index in [4.69, 9.17) is 0 Å². The molecule has 170 valence electrons. The Balaban J connectivity index is 1.89. The number of sulfone groups is 2. The Hall–Kier alpha value is -2.34. The Bertz CT molecular complexity index is 1200. The zero-order valence-corrected chi connectivity index (χ0v) is 18.8. The molecular formula is C19H23F2N3O5S2. The molecule has 1 aromatic carbocycles. The first kappa shape index (κ1) is 23.3. The normalized spacial score (nSPS) is 19.0. The van der Waals surface area contributed by atoms with E-state index in [1.807, 2.05) is 20.8 Å². The quantitative estimate of drug-likeness (QED) is 0.711. The number of anilines is 1. The number of benzene rings is 1. The van der Waals surface area contributed by atoms with Gasteiger partial charge in [0.2, 0.25) is 9.84 Å². The van der Waals surface area contributed by atoms with Crippen molar-refractivity contribution in [3.05, 3.63) is 41.6 Å². The van der Waals surface area contributed by atoms with E-state index in [2.05, 4.69) is 10.4 Å². The average Bonchev–Trinajstić information content (AvgIpc) is 3.24. The molecule has 8 nitrogen and oxygen atoms in total. The number of hydrogen-bond acceptors (Lipinski definition) is 6. The lowest BCUT2D eigenvalue weighted by molar-refractivity contribution is 0.102. The summed E-state index contributed by atoms with van der Waals surface area (Å²) in [6.07, 6.45) is 0.372. The van der Waals surface area contributed by atoms with Crippen LogP contribution in [-0.2, 0) is 25.1 Å². The minimum absolute atomic E-state index is 0.0375. The third-order valence-corrected chi connectivity index (χ3v) is 8.13. The van der Waals surface area contributed by atoms with Crippen LogP contribution in [0.25, 0.3) is 0 Å². The van der Waals surface area contributed by atoms with Crippen LogP contribution in [0, 0.1) is 0 Å². The summed E-state index contributed by atoms with van der Waals surface area (Å²) < 4.78 is 73.7. The summed E-state index contributed by atoms with van der Waals surface area (Å²) in [6, 6.07) is 5.40. The molecule has 2 heterocycles. The van der Waals surface area contributed by atoms with Gasteiger partial charge in [-0.1, -0.05) is 20.8 Å². The van der Waals surface area contributed by atoms with Crippen molar-refractivity contribution in [1.29, 1.82) is 0 Å². The topological polar surface area (TPSA) is 115 Å². The molecule has 0 spiro atoms. The van der Waals surface area contributed by atoms with Gasteiger partial charge in [0.25, 0.3) is 5.91 Å². The molecule has 1 aromatic heterocycles. The fourth-order valence-electron chi connectivity index (χ4n) is 3.19. The number of hydrogen-bond donors (Lipinski definition) is 1. The van der Waals surface area contributed by atoms with Crippen molar-refractivity contribution in [2.45, 2.75) is 49.3 Å². The number of rotatable bonds is 5. The second-order valence-electron chi connectivity index (χ2n) is 8.45. The molecule has 0 radical (unpaired) electrons. The van der Waals surface area contributed by atoms with Gasteiger partial charge in [0.1, 0.15) is 5.82 Å². The van der Waals surface area contributed by atoms with Crippen LogP contribution in [0.3, 0.4) is 0 Å². The first-order chi connectivity index (χ1) is 14.2. The summed E-state index contributed by atoms with van der Waals surface area (Å²) in [4.78, 5) is 12.1. The molecule has 1 amide bonds. The van der Waals surface area contributed by atoms with Crippen molar-refractivity contribution in [2.75, 3.05) is 16.8 Å². The number of carbonyl (C=O) groups is 1. The highest BCUT2D eigenvalue weighted by atomic mass is 32.2. The van der Waals surface area contributed by atoms with Gasteiger partial charge in [0.15, 0.2) is 9.84 Å². The van der Waals surface area contributed by atoms with Gasteiger partial charge >= 0.3 is 5.76 Å². The van der Waals surface area contributed by atoms with Crippen LogP contribution >= 0.6 is 0 Å². The molecule has 12 heteroatoms. The summed E-state index contributed by atoms with van der Waals surface area (Å²) >= 11 is 0. The zero-order valence-electron chi connectivity index (χ0n) is 17.2. The van der Waals surface area contributed by atoms with Crippen molar-refractivity contribution >= 4 is 31.4 Å². The van der Waals surface area contributed by atoms with Gasteiger partial charge in [-0.2, -0.15) is 13.9 Å². The molecule has 1 saturated heterocycles. The van der Waals surface area contributed by atoms with E-state index in [0.717, 1.165) is 24.3 Å². The lowest BCUT2D eigenvalue weighted by Crippen LogP contribution is -2.20. The lowest BCUT2D eigenvalue weighted by atomic mass is 9.92. The van der Waals surface area contributed by atoms with Gasteiger partial charge in [-0.05, 0) is 30.7 Å². The van der Waals surface area contributed by atoms with Crippen LogP contribution in [0.15, 0.2) is 35.2 Å². The molecule has 1 fully saturated rings. The summed E-state index contributed by atoms with van der Waals surface area (Å²) in [5.41, 5.74) is 0.357. The molecule has 1 N–H and O–H groups in total. The lowest BCUT2D eigenvalue weighted by Gasteiger charge is -2.15. The minimum atomic E-state index is -4.76. The smallest absolute Gasteiger partial charge is 0.307 e. The first-order valence-electron chi connectivity index (χ1n) is 9.45. The van der Waals surface area contributed by atoms with E-state index < -0.39 is 42.3 Å². The van der Waals surface area contributed by atoms with E-state index in [0.29, 0.717) is 17.9 Å². The van der Waals surface area contributed by atoms with Crippen molar-refractivity contribution < 1.29 is 30.4 Å². The average molecular weight is 476 g/mol. The first-order valence-corrected chi connectivity index (χ1v) is 12.8. The van der Waals surface area contributed by atoms with Crippen molar-refractivity contribution in [3.63, 3.8) is 0 Å². The van der Waals surface area contributed by atoms with Crippen LogP contribution in [0.4, 0.5) is 14.6 Å². The second kappa shape index (κ2) is 7.97. The molecular weight excluding hydrogens is 452 g/mol. The molecule has 1 unspecified atom stereocenters. The summed E-state index contributed by atoms with van der Waals surface area (Å²) in [5, 5.41) is 7.19. The third kappa shape index (κ3) is 4.95. The van der Waals surface area contributed by atoms with Crippen molar-refractivity contribution in [2.24, 2.45) is 0 Å². The zero-order chi connectivity index (χ0) is 23.2. The van der Waals surface area contributed by atoms with E-state index >= 15 is 0 Å². The predicted octanol–water partition coefficient (Wildman–Crippen LogP) is 2.79. The second-order valence-corrected chi connectivity index (χ2v) is 12.6. The molecule has 2 aromatic rings. The van der Waals surface area contributed by atoms with Gasteiger partial charge in [-0.3, -0.25) is 4.79 Å². The maximum absolute atomic E-state index is 12.7. The van der Waals surface area contributed by atoms with Crippen molar-refractivity contribution in [3.8, 4) is 0 Å². The third-order valence-electron chi connectivity index (χ3n) is 4.98. The molecule has 3 rings (SSSR count). The number of nitrogens with one attached hydrogen (secondary N) is 1. The Morgan fingerprint density at radius 3 is 2.32 bits per heavy atom. The summed E-state index contributed by atoms with van der Waals surface area (Å²) in [5.74, 6) is -3.90. The Morgan fingerprint density at radius 1 is 1.23 bits per heavy atom. The minimum Gasteiger partial charge on any atom is -0.307 e. The van der Waals surface area contributed by atoms with E-state index in [1.54, 1.807) is 6.07 Å². The fourth-order valence-corrected chi connectivity index (χ4v) is 5.60. The number of alkyl halides is 2. The van der Waals surface area contributed by atoms with E-state index in [1.165, 1.54) is 4.68 Å². The van der Waals surface area contributed by atoms with Gasteiger partial charge < -0.3 is 5.32 Å². The monoisotopic (exact) mass is 475 g/mol. The van der Waals surface area contributed by atoms with E-state index in [9.17, 15) is 30.4 Å². The molecule has 1 aliphatic rings. The molecule has 0 aliphatic carbocycles. The number of aromatic nitrogens is 2. The van der Waals surface area contributed by atoms with Crippen LogP contribution in [-0.4, -0.2) is 49.8 Å². The van der Waals surface area contributed by atoms with E-state index in [-0.39, 0.29) is 22.5 Å². The van der Waals surface area contributed by atoms with Crippen LogP contribution in [0.2, 0.25) is 0 Å². The molecule has 31 heavy (non-hydrogen) atoms. The van der Waals surface area contributed by atoms with Crippen LogP contribution < -0.4 is 5.32 Å². The number of nitrogens with zero attached hydrogens (tertiary/aromatic N) is 2. The fraction of sp³-hybridized carbons (Fsp3) is 0.474. The number of carbonyl (C=O) groups excluding carboxylic acids is 1. The summed E-state index contributed by atoms with van der Waals surface area (Å²) in [6.45, 7) is 5.79. The molecule has 1 atom stereocenters. The number of halogens is 2. The van der Waals surface area contributed by atoms with Gasteiger partial charge in [0, 0.05) is 17.0 Å². The van der Waals surface area contributed by atoms with Gasteiger partial charge in [0.05, 0.1) is 28.1 Å². The van der Waals surface area contributed by atoms with Crippen molar-refractivity contribution in [1.82, 2.24) is 9.78 Å². The highest BCUT2D eigenvalue weighted by molar-refractivity contribution is 7.92. The summed E-state index contributed by atoms with van der Waals surface area (Å²) in [7, 11) is -7.94. The van der Waals surface area contributed by atoms with Gasteiger partial charge in [-0.15, -0.1) is 0 Å². The molecule has 0 bridgehead atoms. The Morgan fingerprint density at radius 2 is 1.84 bits per heavy atom. The highest BCUT2D eigenvalue weighted by Crippen LogP contribution is 2.31. The highest BCUT2D eigenvalue weighted by Gasteiger charge is 2.33. The Kier molecular flexibility index (Phi) is 6.00. The molecule has 1 aliphatic heterocycles. The van der Waals surface area contributed by atoms with Crippen LogP contribution in [0.1, 0.15) is 49.3 Å². The Labute approximate surface area is 179 Å². The largest absolute Gasteiger partial charge is 0.341 e.